The Hall–Kier alpha value is -3.02. The van der Waals surface area contributed by atoms with Gasteiger partial charge in [-0.25, -0.2) is 8.78 Å². The van der Waals surface area contributed by atoms with Gasteiger partial charge in [-0.05, 0) is 62.6 Å². The number of rotatable bonds is 7. The number of aromatic nitrogens is 1. The summed E-state index contributed by atoms with van der Waals surface area (Å²) in [6.45, 7) is 7.63. The van der Waals surface area contributed by atoms with Gasteiger partial charge < -0.3 is 9.42 Å². The Kier molecular flexibility index (Phi) is 6.65. The van der Waals surface area contributed by atoms with Crippen molar-refractivity contribution in [1.29, 1.82) is 0 Å². The van der Waals surface area contributed by atoms with E-state index < -0.39 is 5.92 Å². The molecule has 0 N–H and O–H groups in total. The van der Waals surface area contributed by atoms with Crippen LogP contribution in [0.3, 0.4) is 0 Å². The molecule has 0 fully saturated rings. The van der Waals surface area contributed by atoms with Gasteiger partial charge in [-0.3, -0.25) is 4.79 Å². The monoisotopic (exact) mass is 412 g/mol. The van der Waals surface area contributed by atoms with Gasteiger partial charge in [-0.15, -0.1) is 0 Å². The lowest BCUT2D eigenvalue weighted by molar-refractivity contribution is -0.136. The second-order valence-corrected chi connectivity index (χ2v) is 7.53. The van der Waals surface area contributed by atoms with Crippen LogP contribution in [0.15, 0.2) is 53.1 Å². The Balaban J connectivity index is 2.01. The molecule has 1 aromatic heterocycles. The predicted octanol–water partition coefficient (Wildman–Crippen LogP) is 5.85. The zero-order valence-corrected chi connectivity index (χ0v) is 17.7. The molecule has 0 spiro atoms. The fraction of sp³-hybridized carbons (Fsp3) is 0.333. The van der Waals surface area contributed by atoms with Crippen molar-refractivity contribution < 1.29 is 18.1 Å². The summed E-state index contributed by atoms with van der Waals surface area (Å²) < 4.78 is 32.5. The van der Waals surface area contributed by atoms with E-state index in [1.54, 1.807) is 36.1 Å². The highest BCUT2D eigenvalue weighted by atomic mass is 19.1. The molecular formula is C24H26F2N2O2. The molecule has 1 amide bonds. The van der Waals surface area contributed by atoms with Crippen molar-refractivity contribution in [2.75, 3.05) is 0 Å². The molecule has 0 saturated heterocycles. The lowest BCUT2D eigenvalue weighted by Gasteiger charge is -2.34. The number of hydrogen-bond acceptors (Lipinski definition) is 3. The molecule has 2 unspecified atom stereocenters. The number of carbonyl (C=O) groups excluding carboxylic acids is 1. The number of hydrogen-bond donors (Lipinski definition) is 0. The van der Waals surface area contributed by atoms with Gasteiger partial charge in [0.25, 0.3) is 0 Å². The van der Waals surface area contributed by atoms with Gasteiger partial charge in [0.05, 0.1) is 17.7 Å². The first-order valence-corrected chi connectivity index (χ1v) is 10.0. The Morgan fingerprint density at radius 2 is 1.80 bits per heavy atom. The van der Waals surface area contributed by atoms with Gasteiger partial charge in [0.1, 0.15) is 17.4 Å². The molecule has 0 bridgehead atoms. The lowest BCUT2D eigenvalue weighted by atomic mass is 9.94. The van der Waals surface area contributed by atoms with Crippen LogP contribution in [0.1, 0.15) is 60.4 Å². The van der Waals surface area contributed by atoms with Gasteiger partial charge in [0, 0.05) is 12.1 Å². The standard InChI is InChI=1S/C24H26F2N2O2/c1-5-22(19-9-11-20(25)12-10-19)28(14-18-7-6-8-21(26)13-18)24(29)15(2)23-16(3)27-30-17(23)4/h6-13,15,22H,5,14H2,1-4H3. The molecule has 0 aliphatic rings. The Morgan fingerprint density at radius 1 is 1.10 bits per heavy atom. The third-order valence-electron chi connectivity index (χ3n) is 5.43. The van der Waals surface area contributed by atoms with Crippen molar-refractivity contribution >= 4 is 5.91 Å². The molecule has 158 valence electrons. The molecule has 3 aromatic rings. The molecule has 4 nitrogen and oxygen atoms in total. The van der Waals surface area contributed by atoms with Gasteiger partial charge in [-0.2, -0.15) is 0 Å². The van der Waals surface area contributed by atoms with Crippen LogP contribution in [-0.2, 0) is 11.3 Å². The Bertz CT molecular complexity index is 995. The van der Waals surface area contributed by atoms with Gasteiger partial charge >= 0.3 is 0 Å². The second kappa shape index (κ2) is 9.20. The molecule has 30 heavy (non-hydrogen) atoms. The molecule has 2 atom stereocenters. The average molecular weight is 412 g/mol. The SMILES string of the molecule is CCC(c1ccc(F)cc1)N(Cc1cccc(F)c1)C(=O)C(C)c1c(C)noc1C. The smallest absolute Gasteiger partial charge is 0.230 e. The Labute approximate surface area is 175 Å². The van der Waals surface area contributed by atoms with E-state index in [0.717, 1.165) is 11.1 Å². The largest absolute Gasteiger partial charge is 0.361 e. The van der Waals surface area contributed by atoms with Gasteiger partial charge in [0.2, 0.25) is 5.91 Å². The zero-order chi connectivity index (χ0) is 21.8. The topological polar surface area (TPSA) is 46.3 Å². The van der Waals surface area contributed by atoms with Crippen LogP contribution in [-0.4, -0.2) is 16.0 Å². The number of benzene rings is 2. The summed E-state index contributed by atoms with van der Waals surface area (Å²) in [6, 6.07) is 12.1. The first-order valence-electron chi connectivity index (χ1n) is 10.0. The lowest BCUT2D eigenvalue weighted by Crippen LogP contribution is -2.37. The first kappa shape index (κ1) is 21.7. The molecule has 1 heterocycles. The van der Waals surface area contributed by atoms with Crippen molar-refractivity contribution in [2.45, 2.75) is 52.6 Å². The van der Waals surface area contributed by atoms with Crippen molar-refractivity contribution in [3.8, 4) is 0 Å². The highest BCUT2D eigenvalue weighted by molar-refractivity contribution is 5.84. The quantitative estimate of drug-likeness (QED) is 0.489. The third-order valence-corrected chi connectivity index (χ3v) is 5.43. The summed E-state index contributed by atoms with van der Waals surface area (Å²) in [7, 11) is 0. The third kappa shape index (κ3) is 4.58. The van der Waals surface area contributed by atoms with E-state index in [2.05, 4.69) is 5.16 Å². The average Bonchev–Trinajstić information content (AvgIpc) is 3.06. The summed E-state index contributed by atoms with van der Waals surface area (Å²) >= 11 is 0. The molecule has 6 heteroatoms. The van der Waals surface area contributed by atoms with Crippen LogP contribution < -0.4 is 0 Å². The predicted molar refractivity (Wildman–Crippen MR) is 111 cm³/mol. The highest BCUT2D eigenvalue weighted by Gasteiger charge is 2.31. The minimum atomic E-state index is -0.487. The van der Waals surface area contributed by atoms with E-state index in [9.17, 15) is 13.6 Å². The molecular weight excluding hydrogens is 386 g/mol. The normalized spacial score (nSPS) is 13.1. The van der Waals surface area contributed by atoms with Crippen molar-refractivity contribution in [2.24, 2.45) is 0 Å². The minimum Gasteiger partial charge on any atom is -0.361 e. The first-order chi connectivity index (χ1) is 14.3. The maximum absolute atomic E-state index is 13.8. The maximum Gasteiger partial charge on any atom is 0.230 e. The van der Waals surface area contributed by atoms with E-state index in [4.69, 9.17) is 4.52 Å². The molecule has 0 saturated carbocycles. The van der Waals surface area contributed by atoms with E-state index >= 15 is 0 Å². The molecule has 3 rings (SSSR count). The minimum absolute atomic E-state index is 0.121. The molecule has 2 aromatic carbocycles. The second-order valence-electron chi connectivity index (χ2n) is 7.53. The summed E-state index contributed by atoms with van der Waals surface area (Å²) in [4.78, 5) is 15.4. The molecule has 0 radical (unpaired) electrons. The number of halogens is 2. The van der Waals surface area contributed by atoms with Gasteiger partial charge in [0.15, 0.2) is 0 Å². The van der Waals surface area contributed by atoms with E-state index in [1.165, 1.54) is 24.3 Å². The summed E-state index contributed by atoms with van der Waals surface area (Å²) in [6.07, 6.45) is 0.626. The maximum atomic E-state index is 13.8. The number of aryl methyl sites for hydroxylation is 2. The van der Waals surface area contributed by atoms with Crippen LogP contribution >= 0.6 is 0 Å². The highest BCUT2D eigenvalue weighted by Crippen LogP contribution is 2.32. The summed E-state index contributed by atoms with van der Waals surface area (Å²) in [5, 5.41) is 3.97. The number of carbonyl (C=O) groups is 1. The number of nitrogens with zero attached hydrogens (tertiary/aromatic N) is 2. The van der Waals surface area contributed by atoms with Crippen LogP contribution in [0.4, 0.5) is 8.78 Å². The van der Waals surface area contributed by atoms with Crippen LogP contribution in [0.25, 0.3) is 0 Å². The van der Waals surface area contributed by atoms with Crippen LogP contribution in [0.5, 0.6) is 0 Å². The Morgan fingerprint density at radius 3 is 2.37 bits per heavy atom. The summed E-state index contributed by atoms with van der Waals surface area (Å²) in [5.74, 6) is -0.688. The number of amides is 1. The van der Waals surface area contributed by atoms with Crippen molar-refractivity contribution in [3.05, 3.63) is 88.3 Å². The van der Waals surface area contributed by atoms with Crippen molar-refractivity contribution in [1.82, 2.24) is 10.1 Å². The fourth-order valence-corrected chi connectivity index (χ4v) is 3.98. The van der Waals surface area contributed by atoms with Gasteiger partial charge in [-0.1, -0.05) is 36.3 Å². The zero-order valence-electron chi connectivity index (χ0n) is 17.7. The fourth-order valence-electron chi connectivity index (χ4n) is 3.98. The summed E-state index contributed by atoms with van der Waals surface area (Å²) in [5.41, 5.74) is 2.96. The van der Waals surface area contributed by atoms with E-state index in [0.29, 0.717) is 23.4 Å². The molecule has 0 aliphatic carbocycles. The van der Waals surface area contributed by atoms with Crippen LogP contribution in [0, 0.1) is 25.5 Å². The van der Waals surface area contributed by atoms with E-state index in [1.807, 2.05) is 20.8 Å². The van der Waals surface area contributed by atoms with E-state index in [-0.39, 0.29) is 30.1 Å². The molecule has 0 aliphatic heterocycles. The van der Waals surface area contributed by atoms with Crippen LogP contribution in [0.2, 0.25) is 0 Å². The van der Waals surface area contributed by atoms with Crippen molar-refractivity contribution in [3.63, 3.8) is 0 Å².